The predicted molar refractivity (Wildman–Crippen MR) is 120 cm³/mol. The van der Waals surface area contributed by atoms with Gasteiger partial charge in [0.25, 0.3) is 0 Å². The topological polar surface area (TPSA) is 13.1 Å². The Morgan fingerprint density at radius 1 is 0.643 bits per heavy atom. The fourth-order valence-corrected chi connectivity index (χ4v) is 7.21. The molecule has 130 valence electrons. The summed E-state index contributed by atoms with van der Waals surface area (Å²) in [7, 11) is 0. The number of rotatable bonds is 0. The molecule has 0 aliphatic carbocycles. The smallest absolute Gasteiger partial charge is 0.247 e. The summed E-state index contributed by atoms with van der Waals surface area (Å²) < 4.78 is 6.27. The minimum absolute atomic E-state index is 0.290. The van der Waals surface area contributed by atoms with E-state index in [4.69, 9.17) is 4.42 Å². The fourth-order valence-electron chi connectivity index (χ4n) is 4.64. The molecule has 2 aliphatic rings. The first-order chi connectivity index (χ1) is 13.9. The Morgan fingerprint density at radius 2 is 1.32 bits per heavy atom. The van der Waals surface area contributed by atoms with E-state index in [1.807, 2.05) is 29.6 Å². The van der Waals surface area contributed by atoms with Crippen LogP contribution in [0.2, 0.25) is 0 Å². The highest BCUT2D eigenvalue weighted by molar-refractivity contribution is 8.01. The summed E-state index contributed by atoms with van der Waals surface area (Å²) >= 11 is 3.78. The molecular formula is C24H13BOS2. The summed E-state index contributed by atoms with van der Waals surface area (Å²) in [6.07, 6.45) is 0. The number of para-hydroxylation sites is 1. The fraction of sp³-hybridized carbons (Fsp3) is 0. The lowest BCUT2D eigenvalue weighted by atomic mass is 9.36. The minimum atomic E-state index is 0.290. The van der Waals surface area contributed by atoms with E-state index in [9.17, 15) is 0 Å². The second-order valence-electron chi connectivity index (χ2n) is 7.30. The number of hydrogen-bond donors (Lipinski definition) is 0. The molecule has 0 bridgehead atoms. The van der Waals surface area contributed by atoms with Crippen molar-refractivity contribution in [2.45, 2.75) is 19.6 Å². The lowest BCUT2D eigenvalue weighted by Crippen LogP contribution is -2.57. The van der Waals surface area contributed by atoms with Gasteiger partial charge in [0.2, 0.25) is 6.71 Å². The van der Waals surface area contributed by atoms with Gasteiger partial charge in [-0.3, -0.25) is 0 Å². The van der Waals surface area contributed by atoms with E-state index in [-0.39, 0.29) is 6.71 Å². The molecule has 0 spiro atoms. The van der Waals surface area contributed by atoms with Crippen LogP contribution in [0.25, 0.3) is 21.9 Å². The van der Waals surface area contributed by atoms with Crippen LogP contribution >= 0.6 is 23.5 Å². The zero-order valence-corrected chi connectivity index (χ0v) is 16.4. The summed E-state index contributed by atoms with van der Waals surface area (Å²) in [6.45, 7) is 0.290. The van der Waals surface area contributed by atoms with Gasteiger partial charge in [-0.2, -0.15) is 0 Å². The van der Waals surface area contributed by atoms with Crippen LogP contribution in [-0.4, -0.2) is 6.71 Å². The molecule has 1 nitrogen and oxygen atoms in total. The number of furan rings is 1. The van der Waals surface area contributed by atoms with Crippen molar-refractivity contribution in [2.75, 3.05) is 0 Å². The van der Waals surface area contributed by atoms with Gasteiger partial charge in [-0.15, -0.1) is 0 Å². The number of fused-ring (bicyclic) bond motifs is 8. The van der Waals surface area contributed by atoms with Gasteiger partial charge in [-0.05, 0) is 29.7 Å². The first kappa shape index (κ1) is 15.4. The van der Waals surface area contributed by atoms with Crippen molar-refractivity contribution in [3.63, 3.8) is 0 Å². The van der Waals surface area contributed by atoms with E-state index in [2.05, 4.69) is 72.8 Å². The lowest BCUT2D eigenvalue weighted by Gasteiger charge is -2.32. The van der Waals surface area contributed by atoms with Gasteiger partial charge in [0.15, 0.2) is 0 Å². The molecule has 7 rings (SSSR count). The highest BCUT2D eigenvalue weighted by atomic mass is 32.2. The average Bonchev–Trinajstić information content (AvgIpc) is 3.11. The molecule has 0 saturated carbocycles. The van der Waals surface area contributed by atoms with Crippen LogP contribution < -0.4 is 16.4 Å². The molecule has 0 amide bonds. The molecule has 0 saturated heterocycles. The maximum atomic E-state index is 6.27. The van der Waals surface area contributed by atoms with Crippen molar-refractivity contribution in [2.24, 2.45) is 0 Å². The molecular weight excluding hydrogens is 379 g/mol. The van der Waals surface area contributed by atoms with Crippen molar-refractivity contribution in [1.82, 2.24) is 0 Å². The van der Waals surface area contributed by atoms with Gasteiger partial charge in [0.05, 0.1) is 0 Å². The van der Waals surface area contributed by atoms with E-state index >= 15 is 0 Å². The molecule has 4 heteroatoms. The Bertz CT molecular complexity index is 1420. The molecule has 2 aliphatic heterocycles. The van der Waals surface area contributed by atoms with Gasteiger partial charge >= 0.3 is 0 Å². The van der Waals surface area contributed by atoms with Crippen LogP contribution in [0.3, 0.4) is 0 Å². The largest absolute Gasteiger partial charge is 0.456 e. The summed E-state index contributed by atoms with van der Waals surface area (Å²) in [4.78, 5) is 5.39. The van der Waals surface area contributed by atoms with Gasteiger partial charge in [-0.1, -0.05) is 89.0 Å². The molecule has 0 unspecified atom stereocenters. The molecule has 0 N–H and O–H groups in total. The summed E-state index contributed by atoms with van der Waals surface area (Å²) in [5, 5.41) is 2.48. The Hall–Kier alpha value is -2.56. The van der Waals surface area contributed by atoms with Crippen molar-refractivity contribution in [3.8, 4) is 0 Å². The molecule has 28 heavy (non-hydrogen) atoms. The van der Waals surface area contributed by atoms with Gasteiger partial charge in [0, 0.05) is 30.4 Å². The van der Waals surface area contributed by atoms with Crippen LogP contribution in [0, 0.1) is 0 Å². The van der Waals surface area contributed by atoms with E-state index in [0.29, 0.717) is 0 Å². The van der Waals surface area contributed by atoms with Crippen LogP contribution in [0.15, 0.2) is 103 Å². The Morgan fingerprint density at radius 3 is 2.14 bits per heavy atom. The van der Waals surface area contributed by atoms with Gasteiger partial charge in [-0.25, -0.2) is 0 Å². The van der Waals surface area contributed by atoms with E-state index < -0.39 is 0 Å². The van der Waals surface area contributed by atoms with Crippen molar-refractivity contribution < 1.29 is 4.42 Å². The number of benzene rings is 4. The third kappa shape index (κ3) is 1.92. The van der Waals surface area contributed by atoms with Gasteiger partial charge in [0.1, 0.15) is 11.2 Å². The second-order valence-corrected chi connectivity index (χ2v) is 9.44. The highest BCUT2D eigenvalue weighted by Crippen LogP contribution is 2.44. The highest BCUT2D eigenvalue weighted by Gasteiger charge is 2.39. The van der Waals surface area contributed by atoms with E-state index in [0.717, 1.165) is 11.2 Å². The normalized spacial score (nSPS) is 14.1. The van der Waals surface area contributed by atoms with Gasteiger partial charge < -0.3 is 4.42 Å². The molecule has 0 atom stereocenters. The van der Waals surface area contributed by atoms with Crippen LogP contribution in [0.1, 0.15) is 0 Å². The average molecular weight is 392 g/mol. The molecule has 5 aromatic rings. The molecule has 0 fully saturated rings. The lowest BCUT2D eigenvalue weighted by molar-refractivity contribution is 0.667. The van der Waals surface area contributed by atoms with Crippen LogP contribution in [0.5, 0.6) is 0 Å². The first-order valence-electron chi connectivity index (χ1n) is 9.40. The summed E-state index contributed by atoms with van der Waals surface area (Å²) in [5.74, 6) is 0. The summed E-state index contributed by atoms with van der Waals surface area (Å²) in [6, 6.07) is 28.4. The second kappa shape index (κ2) is 5.50. The quantitative estimate of drug-likeness (QED) is 0.336. The van der Waals surface area contributed by atoms with Crippen LogP contribution in [-0.2, 0) is 0 Å². The molecule has 4 aromatic carbocycles. The van der Waals surface area contributed by atoms with E-state index in [1.165, 1.54) is 46.7 Å². The van der Waals surface area contributed by atoms with Crippen molar-refractivity contribution in [3.05, 3.63) is 78.9 Å². The molecule has 1 aromatic heterocycles. The zero-order valence-electron chi connectivity index (χ0n) is 14.8. The standard InChI is InChI=1S/C24H13BOS2/c1-4-10-17-14(7-1)22-18(26-17)13-21-23-24(22)28-20-12-6-3-9-16(20)25(23)15-8-2-5-11-19(15)27-21/h1-13H. The monoisotopic (exact) mass is 392 g/mol. The van der Waals surface area contributed by atoms with E-state index in [1.54, 1.807) is 0 Å². The summed E-state index contributed by atoms with van der Waals surface area (Å²) in [5.41, 5.74) is 6.25. The first-order valence-corrected chi connectivity index (χ1v) is 11.0. The Kier molecular flexibility index (Phi) is 3.02. The minimum Gasteiger partial charge on any atom is -0.456 e. The number of hydrogen-bond acceptors (Lipinski definition) is 3. The molecule has 0 radical (unpaired) electrons. The Labute approximate surface area is 171 Å². The zero-order chi connectivity index (χ0) is 18.2. The van der Waals surface area contributed by atoms with Crippen molar-refractivity contribution in [1.29, 1.82) is 0 Å². The third-order valence-electron chi connectivity index (χ3n) is 5.80. The Balaban J connectivity index is 1.67. The van der Waals surface area contributed by atoms with Crippen molar-refractivity contribution >= 4 is 68.6 Å². The molecule has 3 heterocycles. The van der Waals surface area contributed by atoms with Crippen LogP contribution in [0.4, 0.5) is 0 Å². The maximum absolute atomic E-state index is 6.27. The maximum Gasteiger partial charge on any atom is 0.247 e. The third-order valence-corrected chi connectivity index (χ3v) is 8.17. The SMILES string of the molecule is c1ccc2c(c1)Sc1cc3oc4ccccc4c3c3c1B2c1ccccc1S3. The predicted octanol–water partition coefficient (Wildman–Crippen LogP) is 5.03.